The zero-order valence-corrected chi connectivity index (χ0v) is 20.0. The van der Waals surface area contributed by atoms with Gasteiger partial charge in [0.05, 0.1) is 24.0 Å². The molecule has 2 aliphatic rings. The van der Waals surface area contributed by atoms with Crippen molar-refractivity contribution in [3.8, 4) is 11.3 Å². The Labute approximate surface area is 198 Å². The fourth-order valence-corrected chi connectivity index (χ4v) is 5.88. The molecule has 1 aliphatic heterocycles. The van der Waals surface area contributed by atoms with Crippen LogP contribution in [0.2, 0.25) is 0 Å². The van der Waals surface area contributed by atoms with Crippen LogP contribution in [0.3, 0.4) is 0 Å². The first-order valence-corrected chi connectivity index (χ1v) is 12.2. The van der Waals surface area contributed by atoms with Crippen LogP contribution in [0.1, 0.15) is 32.5 Å². The lowest BCUT2D eigenvalue weighted by atomic mass is 9.60. The molecule has 34 heavy (non-hydrogen) atoms. The number of nitrogens with zero attached hydrogens (tertiary/aromatic N) is 7. The van der Waals surface area contributed by atoms with Crippen molar-refractivity contribution in [2.45, 2.75) is 46.2 Å². The van der Waals surface area contributed by atoms with E-state index in [1.54, 1.807) is 0 Å². The number of fused-ring (bicyclic) bond motifs is 2. The number of aromatic nitrogens is 6. The molecule has 8 nitrogen and oxygen atoms in total. The maximum Gasteiger partial charge on any atom is 0.241 e. The normalized spacial score (nSPS) is 18.1. The highest BCUT2D eigenvalue weighted by Gasteiger charge is 2.52. The van der Waals surface area contributed by atoms with Gasteiger partial charge >= 0.3 is 0 Å². The molecule has 4 aromatic heterocycles. The average molecular weight is 463 g/mol. The number of likely N-dealkylation sites (tertiary alicyclic amines) is 1. The summed E-state index contributed by atoms with van der Waals surface area (Å²) < 4.78 is 16.7. The van der Waals surface area contributed by atoms with Crippen molar-refractivity contribution in [3.63, 3.8) is 0 Å². The summed E-state index contributed by atoms with van der Waals surface area (Å²) in [4.78, 5) is 16.5. The molecule has 178 valence electrons. The van der Waals surface area contributed by atoms with Crippen LogP contribution < -0.4 is 5.32 Å². The Morgan fingerprint density at radius 1 is 1.18 bits per heavy atom. The minimum absolute atomic E-state index is 0.256. The molecule has 1 spiro atoms. The molecule has 1 saturated carbocycles. The third-order valence-corrected chi connectivity index (χ3v) is 7.22. The van der Waals surface area contributed by atoms with Crippen LogP contribution in [0.5, 0.6) is 0 Å². The highest BCUT2D eigenvalue weighted by atomic mass is 19.1. The van der Waals surface area contributed by atoms with Gasteiger partial charge in [0.2, 0.25) is 5.95 Å². The molecule has 0 bridgehead atoms. The summed E-state index contributed by atoms with van der Waals surface area (Å²) in [5, 5.41) is 8.21. The van der Waals surface area contributed by atoms with Crippen LogP contribution in [-0.4, -0.2) is 66.4 Å². The van der Waals surface area contributed by atoms with Crippen LogP contribution in [0.25, 0.3) is 27.9 Å². The standard InChI is InChI=1S/C25H31FN8/c1-16(2)13-32-14-25(15-32)10-18(11-25)29-24-27-12-22-19(6-8-34(22)31-24)20-4-5-21-23(30-20)33(9-7-26)17(3)28-21/h4-6,8,12,16,18H,7,9-11,13-15H2,1-3H3,(H,29,31). The van der Waals surface area contributed by atoms with Crippen molar-refractivity contribution < 1.29 is 4.39 Å². The lowest BCUT2D eigenvalue weighted by Crippen LogP contribution is -2.65. The Morgan fingerprint density at radius 3 is 2.76 bits per heavy atom. The summed E-state index contributed by atoms with van der Waals surface area (Å²) in [7, 11) is 0. The number of halogens is 1. The number of aryl methyl sites for hydroxylation is 2. The topological polar surface area (TPSA) is 76.2 Å². The first-order valence-electron chi connectivity index (χ1n) is 12.2. The number of rotatable bonds is 7. The van der Waals surface area contributed by atoms with Gasteiger partial charge in [0.25, 0.3) is 0 Å². The molecule has 0 unspecified atom stereocenters. The van der Waals surface area contributed by atoms with Crippen LogP contribution in [0, 0.1) is 18.3 Å². The largest absolute Gasteiger partial charge is 0.350 e. The fraction of sp³-hybridized carbons (Fsp3) is 0.520. The molecule has 9 heteroatoms. The molecule has 1 aliphatic carbocycles. The van der Waals surface area contributed by atoms with E-state index < -0.39 is 6.67 Å². The lowest BCUT2D eigenvalue weighted by Gasteiger charge is -2.59. The van der Waals surface area contributed by atoms with E-state index in [0.717, 1.165) is 34.0 Å². The molecule has 1 saturated heterocycles. The van der Waals surface area contributed by atoms with Gasteiger partial charge in [0.1, 0.15) is 18.0 Å². The Bertz CT molecular complexity index is 1340. The van der Waals surface area contributed by atoms with Gasteiger partial charge in [-0.05, 0) is 49.3 Å². The van der Waals surface area contributed by atoms with E-state index in [1.165, 1.54) is 32.5 Å². The summed E-state index contributed by atoms with van der Waals surface area (Å²) in [6.07, 6.45) is 6.17. The Balaban J connectivity index is 1.17. The second kappa shape index (κ2) is 8.01. The highest BCUT2D eigenvalue weighted by molar-refractivity contribution is 5.82. The van der Waals surface area contributed by atoms with Crippen LogP contribution >= 0.6 is 0 Å². The molecular weight excluding hydrogens is 431 g/mol. The minimum Gasteiger partial charge on any atom is -0.350 e. The Hall–Kier alpha value is -3.07. The van der Waals surface area contributed by atoms with Gasteiger partial charge in [-0.3, -0.25) is 0 Å². The molecule has 1 N–H and O–H groups in total. The minimum atomic E-state index is -0.449. The quantitative estimate of drug-likeness (QED) is 0.448. The number of nitrogens with one attached hydrogen (secondary N) is 1. The van der Waals surface area contributed by atoms with Crippen molar-refractivity contribution in [1.29, 1.82) is 0 Å². The van der Waals surface area contributed by atoms with E-state index in [4.69, 9.17) is 10.1 Å². The van der Waals surface area contributed by atoms with Crippen LogP contribution in [0.15, 0.2) is 30.6 Å². The number of hydrogen-bond acceptors (Lipinski definition) is 6. The third kappa shape index (κ3) is 3.62. The van der Waals surface area contributed by atoms with Gasteiger partial charge in [0, 0.05) is 37.4 Å². The van der Waals surface area contributed by atoms with Gasteiger partial charge in [-0.15, -0.1) is 5.10 Å². The Kier molecular flexibility index (Phi) is 5.05. The first kappa shape index (κ1) is 21.5. The molecule has 0 radical (unpaired) electrons. The number of anilines is 1. The summed E-state index contributed by atoms with van der Waals surface area (Å²) in [5.41, 5.74) is 4.62. The summed E-state index contributed by atoms with van der Waals surface area (Å²) >= 11 is 0. The van der Waals surface area contributed by atoms with Crippen molar-refractivity contribution in [2.24, 2.45) is 11.3 Å². The van der Waals surface area contributed by atoms with Crippen molar-refractivity contribution >= 4 is 22.6 Å². The summed E-state index contributed by atoms with van der Waals surface area (Å²) in [6, 6.07) is 6.33. The zero-order chi connectivity index (χ0) is 23.4. The van der Waals surface area contributed by atoms with E-state index in [1.807, 2.05) is 46.6 Å². The van der Waals surface area contributed by atoms with Crippen molar-refractivity contribution in [1.82, 2.24) is 34.0 Å². The molecule has 2 fully saturated rings. The molecule has 0 atom stereocenters. The fourth-order valence-electron chi connectivity index (χ4n) is 5.88. The molecule has 4 aromatic rings. The number of pyridine rings is 1. The summed E-state index contributed by atoms with van der Waals surface area (Å²) in [6.45, 7) is 9.91. The third-order valence-electron chi connectivity index (χ3n) is 7.22. The van der Waals surface area contributed by atoms with Gasteiger partial charge in [0.15, 0.2) is 5.65 Å². The first-order chi connectivity index (χ1) is 16.4. The van der Waals surface area contributed by atoms with Gasteiger partial charge in [-0.2, -0.15) is 0 Å². The highest BCUT2D eigenvalue weighted by Crippen LogP contribution is 2.49. The van der Waals surface area contributed by atoms with Crippen LogP contribution in [0.4, 0.5) is 10.3 Å². The number of alkyl halides is 1. The monoisotopic (exact) mass is 462 g/mol. The van der Waals surface area contributed by atoms with E-state index in [9.17, 15) is 4.39 Å². The second-order valence-electron chi connectivity index (χ2n) is 10.5. The maximum atomic E-state index is 13.0. The van der Waals surface area contributed by atoms with E-state index in [0.29, 0.717) is 23.1 Å². The molecule has 6 rings (SSSR count). The molecular formula is C25H31FN8. The molecule has 0 amide bonds. The lowest BCUT2D eigenvalue weighted by molar-refractivity contribution is -0.0711. The van der Waals surface area contributed by atoms with Crippen LogP contribution in [-0.2, 0) is 6.54 Å². The van der Waals surface area contributed by atoms with E-state index in [2.05, 4.69) is 34.0 Å². The smallest absolute Gasteiger partial charge is 0.241 e. The molecule has 0 aromatic carbocycles. The predicted octanol–water partition coefficient (Wildman–Crippen LogP) is 3.95. The van der Waals surface area contributed by atoms with E-state index >= 15 is 0 Å². The number of imidazole rings is 1. The Morgan fingerprint density at radius 2 is 2.00 bits per heavy atom. The second-order valence-corrected chi connectivity index (χ2v) is 10.5. The van der Waals surface area contributed by atoms with Gasteiger partial charge in [-0.1, -0.05) is 13.8 Å². The van der Waals surface area contributed by atoms with Crippen molar-refractivity contribution in [2.75, 3.05) is 31.6 Å². The van der Waals surface area contributed by atoms with E-state index in [-0.39, 0.29) is 6.54 Å². The molecule has 5 heterocycles. The predicted molar refractivity (Wildman–Crippen MR) is 131 cm³/mol. The van der Waals surface area contributed by atoms with Crippen molar-refractivity contribution in [3.05, 3.63) is 36.4 Å². The van der Waals surface area contributed by atoms with Gasteiger partial charge < -0.3 is 14.8 Å². The number of hydrogen-bond donors (Lipinski definition) is 1. The van der Waals surface area contributed by atoms with Gasteiger partial charge in [-0.25, -0.2) is 23.9 Å². The SMILES string of the molecule is Cc1nc2ccc(-c3ccn4nc(NC5CC6(C5)CN(CC(C)C)C6)ncc34)nc2n1CCF. The zero-order valence-electron chi connectivity index (χ0n) is 20.0. The average Bonchev–Trinajstić information content (AvgIpc) is 3.31. The maximum absolute atomic E-state index is 13.0. The summed E-state index contributed by atoms with van der Waals surface area (Å²) in [5.74, 6) is 2.16.